The minimum Gasteiger partial charge on any atom is -0.399 e. The number of hydrogen-bond donors (Lipinski definition) is 3. The summed E-state index contributed by atoms with van der Waals surface area (Å²) in [6, 6.07) is 19.4. The molecule has 0 fully saturated rings. The predicted octanol–water partition coefficient (Wildman–Crippen LogP) is 3.58. The highest BCUT2D eigenvalue weighted by atomic mass is 16.6. The van der Waals surface area contributed by atoms with Crippen LogP contribution in [0.1, 0.15) is 33.2 Å². The second kappa shape index (κ2) is 9.31. The van der Waals surface area contributed by atoms with Gasteiger partial charge in [0.1, 0.15) is 0 Å². The van der Waals surface area contributed by atoms with Crippen LogP contribution in [0.4, 0.5) is 17.1 Å². The molecule has 0 saturated carbocycles. The summed E-state index contributed by atoms with van der Waals surface area (Å²) < 4.78 is 0. The minimum atomic E-state index is -0.625. The molecule has 0 aliphatic heterocycles. The summed E-state index contributed by atoms with van der Waals surface area (Å²) in [5, 5.41) is 17.8. The van der Waals surface area contributed by atoms with Crippen LogP contribution in [-0.4, -0.2) is 22.4 Å². The van der Waals surface area contributed by atoms with Gasteiger partial charge in [-0.25, -0.2) is 5.43 Å². The van der Waals surface area contributed by atoms with E-state index in [2.05, 4.69) is 15.8 Å². The molecule has 0 unspecified atom stereocenters. The van der Waals surface area contributed by atoms with E-state index >= 15 is 0 Å². The standard InChI is InChI=1S/C22H19N5O4/c1-14(25-26-22(29)17-11-18(23)13-20(12-17)27(30)31)15-7-9-19(10-8-15)24-21(28)16-5-3-2-4-6-16/h2-13H,23H2,1H3,(H,24,28)(H,26,29)/b25-14-. The SMILES string of the molecule is C/C(=N/NC(=O)c1cc(N)cc([N+](=O)[O-])c1)c1ccc(NC(=O)c2ccccc2)cc1. The monoisotopic (exact) mass is 417 g/mol. The van der Waals surface area contributed by atoms with E-state index < -0.39 is 10.8 Å². The van der Waals surface area contributed by atoms with Crippen molar-refractivity contribution < 1.29 is 14.5 Å². The zero-order chi connectivity index (χ0) is 22.4. The molecular formula is C22H19N5O4. The van der Waals surface area contributed by atoms with E-state index in [1.54, 1.807) is 55.5 Å². The number of nitrogen functional groups attached to an aromatic ring is 1. The number of anilines is 2. The number of nitrogens with zero attached hydrogens (tertiary/aromatic N) is 2. The van der Waals surface area contributed by atoms with Gasteiger partial charge in [0.05, 0.1) is 16.2 Å². The molecular weight excluding hydrogens is 398 g/mol. The predicted molar refractivity (Wildman–Crippen MR) is 118 cm³/mol. The summed E-state index contributed by atoms with van der Waals surface area (Å²) in [6.45, 7) is 1.69. The Kier molecular flexibility index (Phi) is 6.36. The third-order valence-corrected chi connectivity index (χ3v) is 4.33. The van der Waals surface area contributed by atoms with Crippen LogP contribution in [0.25, 0.3) is 0 Å². The number of hydrogen-bond acceptors (Lipinski definition) is 6. The zero-order valence-corrected chi connectivity index (χ0v) is 16.5. The molecule has 0 atom stereocenters. The van der Waals surface area contributed by atoms with Crippen molar-refractivity contribution in [3.63, 3.8) is 0 Å². The van der Waals surface area contributed by atoms with E-state index in [9.17, 15) is 19.7 Å². The van der Waals surface area contributed by atoms with Crippen LogP contribution in [0.5, 0.6) is 0 Å². The number of amides is 2. The van der Waals surface area contributed by atoms with Crippen LogP contribution < -0.4 is 16.5 Å². The summed E-state index contributed by atoms with van der Waals surface area (Å²) in [5.74, 6) is -0.844. The third-order valence-electron chi connectivity index (χ3n) is 4.33. The molecule has 9 heteroatoms. The molecule has 31 heavy (non-hydrogen) atoms. The number of rotatable bonds is 6. The highest BCUT2D eigenvalue weighted by molar-refractivity contribution is 6.05. The van der Waals surface area contributed by atoms with Crippen molar-refractivity contribution in [2.45, 2.75) is 6.92 Å². The highest BCUT2D eigenvalue weighted by Gasteiger charge is 2.13. The van der Waals surface area contributed by atoms with Crippen molar-refractivity contribution in [1.82, 2.24) is 5.43 Å². The molecule has 3 rings (SSSR count). The summed E-state index contributed by atoms with van der Waals surface area (Å²) in [6.07, 6.45) is 0. The fourth-order valence-corrected chi connectivity index (χ4v) is 2.72. The van der Waals surface area contributed by atoms with Gasteiger partial charge in [0.15, 0.2) is 0 Å². The maximum atomic E-state index is 12.3. The number of nitrogens with one attached hydrogen (secondary N) is 2. The third kappa shape index (κ3) is 5.51. The molecule has 0 heterocycles. The van der Waals surface area contributed by atoms with E-state index in [1.807, 2.05) is 6.07 Å². The summed E-state index contributed by atoms with van der Waals surface area (Å²) >= 11 is 0. The molecule has 0 aromatic heterocycles. The number of carbonyl (C=O) groups excluding carboxylic acids is 2. The molecule has 0 saturated heterocycles. The Morgan fingerprint density at radius 1 is 0.903 bits per heavy atom. The molecule has 0 spiro atoms. The number of hydrazone groups is 1. The van der Waals surface area contributed by atoms with Gasteiger partial charge in [-0.1, -0.05) is 30.3 Å². The van der Waals surface area contributed by atoms with E-state index in [0.29, 0.717) is 17.0 Å². The van der Waals surface area contributed by atoms with Crippen molar-refractivity contribution in [3.8, 4) is 0 Å². The fourth-order valence-electron chi connectivity index (χ4n) is 2.72. The van der Waals surface area contributed by atoms with Gasteiger partial charge in [-0.2, -0.15) is 5.10 Å². The lowest BCUT2D eigenvalue weighted by atomic mass is 10.1. The van der Waals surface area contributed by atoms with E-state index in [1.165, 1.54) is 12.1 Å². The summed E-state index contributed by atoms with van der Waals surface area (Å²) in [7, 11) is 0. The van der Waals surface area contributed by atoms with Gasteiger partial charge >= 0.3 is 0 Å². The van der Waals surface area contributed by atoms with Crippen molar-refractivity contribution >= 4 is 34.6 Å². The van der Waals surface area contributed by atoms with Crippen LogP contribution in [0, 0.1) is 10.1 Å². The number of nitro benzene ring substituents is 1. The normalized spacial score (nSPS) is 10.9. The van der Waals surface area contributed by atoms with Crippen molar-refractivity contribution in [3.05, 3.63) is 99.6 Å². The van der Waals surface area contributed by atoms with Crippen molar-refractivity contribution in [2.24, 2.45) is 5.10 Å². The molecule has 0 aliphatic rings. The first-order valence-electron chi connectivity index (χ1n) is 9.20. The van der Waals surface area contributed by atoms with Crippen LogP contribution in [-0.2, 0) is 0 Å². The fraction of sp³-hybridized carbons (Fsp3) is 0.0455. The summed E-state index contributed by atoms with van der Waals surface area (Å²) in [5.41, 5.74) is 10.2. The average molecular weight is 417 g/mol. The van der Waals surface area contributed by atoms with E-state index in [0.717, 1.165) is 11.6 Å². The Balaban J connectivity index is 1.66. The maximum Gasteiger partial charge on any atom is 0.272 e. The highest BCUT2D eigenvalue weighted by Crippen LogP contribution is 2.18. The maximum absolute atomic E-state index is 12.3. The first kappa shape index (κ1) is 21.2. The molecule has 0 bridgehead atoms. The van der Waals surface area contributed by atoms with Gasteiger partial charge in [0.25, 0.3) is 17.5 Å². The topological polar surface area (TPSA) is 140 Å². The Hall–Kier alpha value is -4.53. The van der Waals surface area contributed by atoms with Gasteiger partial charge in [0, 0.05) is 29.1 Å². The molecule has 2 amide bonds. The molecule has 0 aliphatic carbocycles. The lowest BCUT2D eigenvalue weighted by molar-refractivity contribution is -0.384. The molecule has 3 aromatic carbocycles. The van der Waals surface area contributed by atoms with Gasteiger partial charge in [-0.05, 0) is 42.8 Å². The van der Waals surface area contributed by atoms with Crippen LogP contribution in [0.2, 0.25) is 0 Å². The van der Waals surface area contributed by atoms with E-state index in [4.69, 9.17) is 5.73 Å². The lowest BCUT2D eigenvalue weighted by Crippen LogP contribution is -2.19. The average Bonchev–Trinajstić information content (AvgIpc) is 2.77. The van der Waals surface area contributed by atoms with Gasteiger partial charge < -0.3 is 11.1 Å². The number of nitrogens with two attached hydrogens (primary N) is 1. The first-order valence-corrected chi connectivity index (χ1v) is 9.20. The largest absolute Gasteiger partial charge is 0.399 e. The van der Waals surface area contributed by atoms with E-state index in [-0.39, 0.29) is 22.8 Å². The zero-order valence-electron chi connectivity index (χ0n) is 16.5. The number of carbonyl (C=O) groups is 2. The quantitative estimate of drug-likeness (QED) is 0.243. The summed E-state index contributed by atoms with van der Waals surface area (Å²) in [4.78, 5) is 34.8. The Labute approximate surface area is 177 Å². The minimum absolute atomic E-state index is 0.0298. The van der Waals surface area contributed by atoms with Crippen LogP contribution >= 0.6 is 0 Å². The molecule has 4 N–H and O–H groups in total. The van der Waals surface area contributed by atoms with Gasteiger partial charge in [-0.15, -0.1) is 0 Å². The smallest absolute Gasteiger partial charge is 0.272 e. The van der Waals surface area contributed by atoms with Gasteiger partial charge in [0.2, 0.25) is 0 Å². The van der Waals surface area contributed by atoms with Gasteiger partial charge in [-0.3, -0.25) is 19.7 Å². The number of nitro groups is 1. The van der Waals surface area contributed by atoms with Crippen molar-refractivity contribution in [2.75, 3.05) is 11.1 Å². The number of non-ortho nitro benzene ring substituents is 1. The Bertz CT molecular complexity index is 1160. The number of benzene rings is 3. The van der Waals surface area contributed by atoms with Crippen LogP contribution in [0.15, 0.2) is 77.9 Å². The second-order valence-corrected chi connectivity index (χ2v) is 6.61. The lowest BCUT2D eigenvalue weighted by Gasteiger charge is -2.07. The molecule has 0 radical (unpaired) electrons. The Morgan fingerprint density at radius 2 is 1.58 bits per heavy atom. The first-order chi connectivity index (χ1) is 14.8. The van der Waals surface area contributed by atoms with Crippen molar-refractivity contribution in [1.29, 1.82) is 0 Å². The van der Waals surface area contributed by atoms with Crippen LogP contribution in [0.3, 0.4) is 0 Å². The molecule has 156 valence electrons. The second-order valence-electron chi connectivity index (χ2n) is 6.61. The Morgan fingerprint density at radius 3 is 2.23 bits per heavy atom. The molecule has 3 aromatic rings. The molecule has 9 nitrogen and oxygen atoms in total.